The fourth-order valence-corrected chi connectivity index (χ4v) is 4.67. The van der Waals surface area contributed by atoms with Gasteiger partial charge in [0.15, 0.2) is 10.7 Å². The highest BCUT2D eigenvalue weighted by atomic mass is 32.1. The molecule has 1 aliphatic carbocycles. The van der Waals surface area contributed by atoms with E-state index in [1.807, 2.05) is 0 Å². The first-order valence-corrected chi connectivity index (χ1v) is 10.3. The summed E-state index contributed by atoms with van der Waals surface area (Å²) in [6.45, 7) is -0.113. The average Bonchev–Trinajstić information content (AvgIpc) is 3.10. The molecule has 0 bridgehead atoms. The summed E-state index contributed by atoms with van der Waals surface area (Å²) in [5.74, 6) is -1.23. The van der Waals surface area contributed by atoms with Crippen molar-refractivity contribution in [2.75, 3.05) is 0 Å². The van der Waals surface area contributed by atoms with E-state index < -0.39 is 11.8 Å². The van der Waals surface area contributed by atoms with Crippen LogP contribution in [-0.2, 0) is 29.0 Å². The van der Waals surface area contributed by atoms with E-state index >= 15 is 0 Å². The zero-order chi connectivity index (χ0) is 20.4. The standard InChI is InChI=1S/C21H19FN2O4S/c22-14-7-5-13(6-8-14)17(25)9-10-20(27)28-12-15-11-19(26)24-16-3-1-2-4-18(16)29-21(24)23-15/h5-8,11H,1-4,9-10,12H2. The van der Waals surface area contributed by atoms with Crippen LogP contribution >= 0.6 is 11.3 Å². The Kier molecular flexibility index (Phi) is 5.53. The van der Waals surface area contributed by atoms with E-state index in [0.717, 1.165) is 31.4 Å². The number of ether oxygens (including phenoxy) is 1. The molecule has 0 fully saturated rings. The Labute approximate surface area is 170 Å². The van der Waals surface area contributed by atoms with Gasteiger partial charge in [-0.25, -0.2) is 9.37 Å². The SMILES string of the molecule is O=C(CCC(=O)c1ccc(F)cc1)OCc1cc(=O)n2c3c(sc2n1)CCCC3. The van der Waals surface area contributed by atoms with Gasteiger partial charge >= 0.3 is 5.97 Å². The van der Waals surface area contributed by atoms with Gasteiger partial charge in [-0.2, -0.15) is 0 Å². The van der Waals surface area contributed by atoms with E-state index in [4.69, 9.17) is 4.74 Å². The predicted octanol–water partition coefficient (Wildman–Crippen LogP) is 3.48. The van der Waals surface area contributed by atoms with Crippen LogP contribution in [0.15, 0.2) is 35.1 Å². The molecule has 1 aliphatic rings. The van der Waals surface area contributed by atoms with Gasteiger partial charge in [-0.15, -0.1) is 11.3 Å². The van der Waals surface area contributed by atoms with E-state index in [9.17, 15) is 18.8 Å². The smallest absolute Gasteiger partial charge is 0.306 e. The number of Topliss-reactive ketones (excluding diaryl/α,β-unsaturated/α-hetero) is 1. The van der Waals surface area contributed by atoms with E-state index in [1.165, 1.54) is 46.5 Å². The van der Waals surface area contributed by atoms with Crippen molar-refractivity contribution in [1.29, 1.82) is 0 Å². The van der Waals surface area contributed by atoms with Crippen LogP contribution < -0.4 is 5.56 Å². The number of carbonyl (C=O) groups excluding carboxylic acids is 2. The summed E-state index contributed by atoms with van der Waals surface area (Å²) < 4.78 is 19.7. The molecule has 0 aliphatic heterocycles. The highest BCUT2D eigenvalue weighted by molar-refractivity contribution is 7.17. The number of hydrogen-bond donors (Lipinski definition) is 0. The highest BCUT2D eigenvalue weighted by Crippen LogP contribution is 2.28. The molecule has 4 rings (SSSR count). The van der Waals surface area contributed by atoms with Crippen molar-refractivity contribution in [3.63, 3.8) is 0 Å². The van der Waals surface area contributed by atoms with Crippen molar-refractivity contribution in [2.45, 2.75) is 45.1 Å². The number of carbonyl (C=O) groups is 2. The molecule has 0 radical (unpaired) electrons. The summed E-state index contributed by atoms with van der Waals surface area (Å²) in [6.07, 6.45) is 3.92. The van der Waals surface area contributed by atoms with Gasteiger partial charge in [0.1, 0.15) is 12.4 Å². The molecule has 0 N–H and O–H groups in total. The Bertz CT molecular complexity index is 1130. The van der Waals surface area contributed by atoms with Gasteiger partial charge in [-0.1, -0.05) is 0 Å². The molecule has 3 aromatic rings. The number of hydrogen-bond acceptors (Lipinski definition) is 6. The summed E-state index contributed by atoms with van der Waals surface area (Å²) in [5.41, 5.74) is 1.64. The summed E-state index contributed by atoms with van der Waals surface area (Å²) in [4.78, 5) is 42.8. The van der Waals surface area contributed by atoms with Gasteiger partial charge < -0.3 is 4.74 Å². The van der Waals surface area contributed by atoms with Gasteiger partial charge in [0.2, 0.25) is 0 Å². The average molecular weight is 414 g/mol. The Morgan fingerprint density at radius 2 is 1.90 bits per heavy atom. The lowest BCUT2D eigenvalue weighted by atomic mass is 10.0. The molecule has 6 nitrogen and oxygen atoms in total. The van der Waals surface area contributed by atoms with Gasteiger partial charge in [-0.05, 0) is 49.9 Å². The normalized spacial score (nSPS) is 13.3. The van der Waals surface area contributed by atoms with E-state index in [-0.39, 0.29) is 30.8 Å². The van der Waals surface area contributed by atoms with Crippen LogP contribution in [0.25, 0.3) is 4.96 Å². The van der Waals surface area contributed by atoms with Gasteiger partial charge in [0.05, 0.1) is 12.1 Å². The molecule has 2 heterocycles. The topological polar surface area (TPSA) is 77.7 Å². The van der Waals surface area contributed by atoms with Crippen molar-refractivity contribution in [1.82, 2.24) is 9.38 Å². The Hall–Kier alpha value is -2.87. The molecular formula is C21H19FN2O4S. The molecule has 0 saturated carbocycles. The maximum absolute atomic E-state index is 12.9. The van der Waals surface area contributed by atoms with Crippen LogP contribution in [-0.4, -0.2) is 21.1 Å². The third-order valence-corrected chi connectivity index (χ3v) is 6.06. The lowest BCUT2D eigenvalue weighted by molar-refractivity contribution is -0.145. The second-order valence-electron chi connectivity index (χ2n) is 6.97. The minimum absolute atomic E-state index is 0.0305. The van der Waals surface area contributed by atoms with Gasteiger partial charge in [0.25, 0.3) is 5.56 Å². The fraction of sp³-hybridized carbons (Fsp3) is 0.333. The molecule has 0 saturated heterocycles. The number of aromatic nitrogens is 2. The number of nitrogens with zero attached hydrogens (tertiary/aromatic N) is 2. The molecule has 0 atom stereocenters. The summed E-state index contributed by atoms with van der Waals surface area (Å²) in [5, 5.41) is 0. The summed E-state index contributed by atoms with van der Waals surface area (Å²) >= 11 is 1.52. The first-order chi connectivity index (χ1) is 14.0. The Balaban J connectivity index is 1.36. The van der Waals surface area contributed by atoms with E-state index in [0.29, 0.717) is 16.2 Å². The Morgan fingerprint density at radius 3 is 2.69 bits per heavy atom. The molecule has 0 spiro atoms. The van der Waals surface area contributed by atoms with Gasteiger partial charge in [0, 0.05) is 28.6 Å². The zero-order valence-corrected chi connectivity index (χ0v) is 16.5. The number of thiazole rings is 1. The highest BCUT2D eigenvalue weighted by Gasteiger charge is 2.19. The van der Waals surface area contributed by atoms with Crippen molar-refractivity contribution < 1.29 is 18.7 Å². The third kappa shape index (κ3) is 4.27. The number of esters is 1. The molecule has 2 aromatic heterocycles. The predicted molar refractivity (Wildman–Crippen MR) is 106 cm³/mol. The molecule has 0 unspecified atom stereocenters. The van der Waals surface area contributed by atoms with Crippen LogP contribution in [0.3, 0.4) is 0 Å². The molecular weight excluding hydrogens is 395 g/mol. The quantitative estimate of drug-likeness (QED) is 0.456. The second-order valence-corrected chi connectivity index (χ2v) is 8.04. The van der Waals surface area contributed by atoms with Crippen LogP contribution in [0.4, 0.5) is 4.39 Å². The van der Waals surface area contributed by atoms with Crippen molar-refractivity contribution in [2.24, 2.45) is 0 Å². The molecule has 150 valence electrons. The molecule has 29 heavy (non-hydrogen) atoms. The van der Waals surface area contributed by atoms with Crippen LogP contribution in [0.5, 0.6) is 0 Å². The lowest BCUT2D eigenvalue weighted by Crippen LogP contribution is -2.18. The van der Waals surface area contributed by atoms with Crippen molar-refractivity contribution in [3.05, 3.63) is 68.3 Å². The number of ketones is 1. The minimum Gasteiger partial charge on any atom is -0.459 e. The number of aryl methyl sites for hydroxylation is 2. The number of rotatable bonds is 6. The van der Waals surface area contributed by atoms with Gasteiger partial charge in [-0.3, -0.25) is 18.8 Å². The molecule has 0 amide bonds. The number of benzene rings is 1. The lowest BCUT2D eigenvalue weighted by Gasteiger charge is -2.10. The summed E-state index contributed by atoms with van der Waals surface area (Å²) in [6, 6.07) is 6.57. The second kappa shape index (κ2) is 8.24. The number of fused-ring (bicyclic) bond motifs is 3. The minimum atomic E-state index is -0.548. The maximum atomic E-state index is 12.9. The zero-order valence-electron chi connectivity index (χ0n) is 15.7. The first-order valence-electron chi connectivity index (χ1n) is 9.49. The van der Waals surface area contributed by atoms with Crippen LogP contribution in [0.1, 0.15) is 52.3 Å². The monoisotopic (exact) mass is 414 g/mol. The molecule has 1 aromatic carbocycles. The molecule has 8 heteroatoms. The number of halogens is 1. The third-order valence-electron chi connectivity index (χ3n) is 4.92. The summed E-state index contributed by atoms with van der Waals surface area (Å²) in [7, 11) is 0. The Morgan fingerprint density at radius 1 is 1.14 bits per heavy atom. The van der Waals surface area contributed by atoms with Crippen molar-refractivity contribution in [3.8, 4) is 0 Å². The maximum Gasteiger partial charge on any atom is 0.306 e. The van der Waals surface area contributed by atoms with Crippen LogP contribution in [0.2, 0.25) is 0 Å². The first kappa shape index (κ1) is 19.4. The van der Waals surface area contributed by atoms with Crippen molar-refractivity contribution >= 4 is 28.1 Å². The largest absolute Gasteiger partial charge is 0.459 e. The van der Waals surface area contributed by atoms with E-state index in [1.54, 1.807) is 4.40 Å². The fourth-order valence-electron chi connectivity index (χ4n) is 3.44. The van der Waals surface area contributed by atoms with E-state index in [2.05, 4.69) is 4.98 Å². The van der Waals surface area contributed by atoms with Crippen LogP contribution in [0, 0.1) is 5.82 Å².